The Morgan fingerprint density at radius 1 is 0.380 bits per heavy atom. The van der Waals surface area contributed by atoms with Gasteiger partial charge in [-0.1, -0.05) is 144 Å². The largest absolute Gasteiger partial charge is 0.312 e. The Kier molecular flexibility index (Phi) is 7.50. The Morgan fingerprint density at radius 2 is 0.732 bits per heavy atom. The average Bonchev–Trinajstić information content (AvgIpc) is 4.13. The molecule has 0 unspecified atom stereocenters. The minimum absolute atomic E-state index is 0.0361. The molecule has 0 bridgehead atoms. The molecule has 4 aliphatic rings. The van der Waals surface area contributed by atoms with E-state index in [4.69, 9.17) is 0 Å². The van der Waals surface area contributed by atoms with Gasteiger partial charge >= 0.3 is 0 Å². The molecule has 0 spiro atoms. The highest BCUT2D eigenvalue weighted by Gasteiger charge is 2.54. The van der Waals surface area contributed by atoms with Crippen molar-refractivity contribution in [2.75, 3.05) is 9.80 Å². The van der Waals surface area contributed by atoms with Gasteiger partial charge in [0, 0.05) is 104 Å². The van der Waals surface area contributed by atoms with Crippen LogP contribution in [0.1, 0.15) is 26.3 Å². The minimum atomic E-state index is -2.46. The van der Waals surface area contributed by atoms with Crippen molar-refractivity contribution in [3.8, 4) is 0 Å². The van der Waals surface area contributed by atoms with Gasteiger partial charge in [-0.25, -0.2) is 0 Å². The van der Waals surface area contributed by atoms with E-state index in [1.165, 1.54) is 137 Å². The van der Waals surface area contributed by atoms with Gasteiger partial charge in [-0.05, 0) is 107 Å². The summed E-state index contributed by atoms with van der Waals surface area (Å²) in [5, 5.41) is 17.6. The van der Waals surface area contributed by atoms with Crippen molar-refractivity contribution in [1.29, 1.82) is 0 Å². The summed E-state index contributed by atoms with van der Waals surface area (Å²) < 4.78 is 11.4. The van der Waals surface area contributed by atoms with Crippen LogP contribution in [0.5, 0.6) is 0 Å². The highest BCUT2D eigenvalue weighted by Crippen LogP contribution is 2.53. The monoisotopic (exact) mass is 1010 g/mol. The Labute approximate surface area is 430 Å². The fourth-order valence-electron chi connectivity index (χ4n) is 14.2. The normalized spacial score (nSPS) is 16.0. The van der Waals surface area contributed by atoms with Crippen LogP contribution < -0.4 is 46.9 Å². The number of thiophene rings is 4. The lowest BCUT2D eigenvalue weighted by Gasteiger charge is -2.52. The van der Waals surface area contributed by atoms with E-state index in [0.29, 0.717) is 0 Å². The maximum atomic E-state index is 2.82. The third kappa shape index (κ3) is 4.81. The highest BCUT2D eigenvalue weighted by molar-refractivity contribution is 7.32. The molecule has 0 radical (unpaired) electrons. The molecule has 0 aliphatic carbocycles. The fraction of sp³-hybridized carbons (Fsp3) is 0.129. The summed E-state index contributed by atoms with van der Waals surface area (Å²) in [6.45, 7) is 18.1. The van der Waals surface area contributed by atoms with Gasteiger partial charge in [-0.3, -0.25) is 0 Å². The lowest BCUT2D eigenvalue weighted by atomic mass is 9.33. The number of fused-ring (bicyclic) bond motifs is 24. The van der Waals surface area contributed by atoms with E-state index in [1.807, 2.05) is 45.3 Å². The van der Waals surface area contributed by atoms with Crippen LogP contribution in [0.2, 0.25) is 26.2 Å². The van der Waals surface area contributed by atoms with Crippen LogP contribution in [0.3, 0.4) is 0 Å². The van der Waals surface area contributed by atoms with Crippen LogP contribution in [0, 0.1) is 0 Å². The molecule has 4 aromatic heterocycles. The molecule has 8 heterocycles. The van der Waals surface area contributed by atoms with Crippen LogP contribution in [-0.4, -0.2) is 22.9 Å². The SMILES string of the molecule is CC(C)(C)c1cc2c3c(c1)N1c4ccc5c(sc6ccccc65)c4[Si](C)(C)c4c1c(cc1c4sc4ccccc41)B3c1cc3c(sc4ccccc43)c3c1N2c1ccc2c(sc4ccccc42)c1[Si]3(C)C. The topological polar surface area (TPSA) is 6.48 Å². The molecule has 2 nitrogen and oxygen atoms in total. The molecule has 0 atom stereocenters. The van der Waals surface area contributed by atoms with Crippen molar-refractivity contribution in [3.05, 3.63) is 151 Å². The van der Waals surface area contributed by atoms with Gasteiger partial charge in [0.2, 0.25) is 0 Å². The second-order valence-electron chi connectivity index (χ2n) is 22.7. The molecule has 338 valence electrons. The summed E-state index contributed by atoms with van der Waals surface area (Å²) in [6.07, 6.45) is 0. The Morgan fingerprint density at radius 3 is 1.11 bits per heavy atom. The van der Waals surface area contributed by atoms with E-state index >= 15 is 0 Å². The molecule has 13 aromatic rings. The quantitative estimate of drug-likeness (QED) is 0.140. The van der Waals surface area contributed by atoms with Gasteiger partial charge in [-0.15, -0.1) is 45.3 Å². The molecule has 0 fully saturated rings. The first kappa shape index (κ1) is 40.5. The second kappa shape index (κ2) is 13.1. The van der Waals surface area contributed by atoms with Gasteiger partial charge in [0.15, 0.2) is 0 Å². The van der Waals surface area contributed by atoms with Crippen LogP contribution in [0.15, 0.2) is 146 Å². The number of hydrogen-bond acceptors (Lipinski definition) is 6. The molecular weight excluding hydrogens is 968 g/mol. The van der Waals surface area contributed by atoms with Gasteiger partial charge in [0.05, 0.1) is 0 Å². The van der Waals surface area contributed by atoms with Gasteiger partial charge < -0.3 is 9.80 Å². The summed E-state index contributed by atoms with van der Waals surface area (Å²) >= 11 is 8.10. The number of hydrogen-bond donors (Lipinski definition) is 0. The van der Waals surface area contributed by atoms with E-state index in [2.05, 4.69) is 202 Å². The molecule has 71 heavy (non-hydrogen) atoms. The van der Waals surface area contributed by atoms with Gasteiger partial charge in [0.25, 0.3) is 6.71 Å². The van der Waals surface area contributed by atoms with E-state index in [-0.39, 0.29) is 12.1 Å². The van der Waals surface area contributed by atoms with Crippen molar-refractivity contribution < 1.29 is 0 Å². The first-order valence-corrected chi connectivity index (χ1v) is 34.3. The van der Waals surface area contributed by atoms with Crippen molar-refractivity contribution in [1.82, 2.24) is 0 Å². The summed E-state index contributed by atoms with van der Waals surface area (Å²) in [6, 6.07) is 57.4. The molecule has 9 heteroatoms. The van der Waals surface area contributed by atoms with Gasteiger partial charge in [-0.2, -0.15) is 0 Å². The number of rotatable bonds is 0. The Balaban J connectivity index is 1.10. The summed E-state index contributed by atoms with van der Waals surface area (Å²) in [7, 11) is -4.93. The molecule has 17 rings (SSSR count). The maximum absolute atomic E-state index is 2.82. The first-order chi connectivity index (χ1) is 34.4. The van der Waals surface area contributed by atoms with E-state index in [0.717, 1.165) is 0 Å². The van der Waals surface area contributed by atoms with E-state index < -0.39 is 16.1 Å². The molecule has 0 amide bonds. The van der Waals surface area contributed by atoms with Crippen molar-refractivity contribution in [3.63, 3.8) is 0 Å². The maximum Gasteiger partial charge on any atom is 0.252 e. The standard InChI is InChI=1S/C62H45BN2S4Si2/c1-62(2,3)32-28-45-51-46(29-32)65-44-27-25-38-34-17-9-13-21-48(34)67-55(38)59(44)71(6,7)61-53(65)42(31-40-36-19-11-15-23-50(36)69-57(40)61)63(51)41-30-39-35-18-10-14-22-49(35)68-56(39)60-52(41)64(45)43-26-24-37-33-16-8-12-20-47(33)66-54(37)58(43)70(60,4)5/h8-31H,1-7H3. The second-order valence-corrected chi connectivity index (χ2v) is 35.4. The van der Waals surface area contributed by atoms with Crippen LogP contribution in [-0.2, 0) is 5.41 Å². The molecule has 9 aromatic carbocycles. The fourth-order valence-corrected chi connectivity index (χ4v) is 29.1. The zero-order valence-corrected chi connectivity index (χ0v) is 45.7. The van der Waals surface area contributed by atoms with Gasteiger partial charge in [0.1, 0.15) is 16.1 Å². The van der Waals surface area contributed by atoms with Crippen LogP contribution in [0.4, 0.5) is 34.1 Å². The Bertz CT molecular complexity index is 4390. The smallest absolute Gasteiger partial charge is 0.252 e. The van der Waals surface area contributed by atoms with E-state index in [9.17, 15) is 0 Å². The lowest BCUT2D eigenvalue weighted by molar-refractivity contribution is 0.590. The van der Waals surface area contributed by atoms with Crippen molar-refractivity contribution in [2.24, 2.45) is 0 Å². The molecule has 0 saturated heterocycles. The van der Waals surface area contributed by atoms with Crippen LogP contribution >= 0.6 is 45.3 Å². The first-order valence-electron chi connectivity index (χ1n) is 25.0. The number of benzene rings is 9. The number of nitrogens with zero attached hydrogens (tertiary/aromatic N) is 2. The predicted octanol–water partition coefficient (Wildman–Crippen LogP) is 14.8. The Hall–Kier alpha value is -6.04. The zero-order chi connectivity index (χ0) is 47.4. The molecule has 4 aliphatic heterocycles. The minimum Gasteiger partial charge on any atom is -0.312 e. The summed E-state index contributed by atoms with van der Waals surface area (Å²) in [5.41, 5.74) is 14.0. The highest BCUT2D eigenvalue weighted by atomic mass is 32.1. The number of anilines is 6. The molecule has 0 N–H and O–H groups in total. The third-order valence-corrected chi connectivity index (χ3v) is 29.7. The average molecular weight is 1010 g/mol. The van der Waals surface area contributed by atoms with Crippen molar-refractivity contribution in [2.45, 2.75) is 52.4 Å². The molecule has 0 saturated carbocycles. The summed E-state index contributed by atoms with van der Waals surface area (Å²) in [5.74, 6) is 0. The van der Waals surface area contributed by atoms with Crippen molar-refractivity contribution >= 4 is 220 Å². The van der Waals surface area contributed by atoms with Crippen LogP contribution in [0.25, 0.3) is 80.7 Å². The lowest BCUT2D eigenvalue weighted by Crippen LogP contribution is -2.70. The molecular formula is C62H45BN2S4Si2. The summed E-state index contributed by atoms with van der Waals surface area (Å²) in [4.78, 5) is 5.64. The predicted molar refractivity (Wildman–Crippen MR) is 324 cm³/mol. The van der Waals surface area contributed by atoms with E-state index in [1.54, 1.807) is 20.7 Å². The zero-order valence-electron chi connectivity index (χ0n) is 40.5. The third-order valence-electron chi connectivity index (χ3n) is 17.2.